The maximum absolute atomic E-state index is 12.7. The molecule has 0 saturated carbocycles. The van der Waals surface area contributed by atoms with Crippen LogP contribution >= 0.6 is 0 Å². The van der Waals surface area contributed by atoms with Crippen LogP contribution in [0.2, 0.25) is 0 Å². The van der Waals surface area contributed by atoms with Crippen molar-refractivity contribution in [3.8, 4) is 0 Å². The van der Waals surface area contributed by atoms with Gasteiger partial charge in [-0.15, -0.1) is 0 Å². The molecule has 0 aliphatic carbocycles. The fourth-order valence-electron chi connectivity index (χ4n) is 2.53. The standard InChI is InChI=1S/C19H16N2O3/c1-2-15-16(10-8-13-6-4-3-5-7-13)20-17-11-9-14(19(23)24)12-21(17)18(15)22/h3-12H,2H2,1H3,(H,23,24). The van der Waals surface area contributed by atoms with Crippen LogP contribution in [-0.4, -0.2) is 20.5 Å². The molecule has 0 unspecified atom stereocenters. The third kappa shape index (κ3) is 2.96. The number of carboxylic acid groups (broad SMARTS) is 1. The van der Waals surface area contributed by atoms with E-state index in [2.05, 4.69) is 4.98 Å². The van der Waals surface area contributed by atoms with Crippen molar-refractivity contribution < 1.29 is 9.90 Å². The van der Waals surface area contributed by atoms with Gasteiger partial charge in [-0.1, -0.05) is 43.3 Å². The lowest BCUT2D eigenvalue weighted by Crippen LogP contribution is -2.21. The fourth-order valence-corrected chi connectivity index (χ4v) is 2.53. The van der Waals surface area contributed by atoms with E-state index in [4.69, 9.17) is 5.11 Å². The van der Waals surface area contributed by atoms with Gasteiger partial charge < -0.3 is 5.11 Å². The Kier molecular flexibility index (Phi) is 4.24. The molecule has 0 atom stereocenters. The zero-order valence-corrected chi connectivity index (χ0v) is 13.1. The Morgan fingerprint density at radius 2 is 1.92 bits per heavy atom. The molecular weight excluding hydrogens is 304 g/mol. The van der Waals surface area contributed by atoms with Crippen LogP contribution in [0, 0.1) is 0 Å². The van der Waals surface area contributed by atoms with Gasteiger partial charge in [0.15, 0.2) is 0 Å². The number of nitrogens with zero attached hydrogens (tertiary/aromatic N) is 2. The molecule has 0 radical (unpaired) electrons. The van der Waals surface area contributed by atoms with E-state index in [0.29, 0.717) is 23.3 Å². The summed E-state index contributed by atoms with van der Waals surface area (Å²) in [6, 6.07) is 12.7. The first-order chi connectivity index (χ1) is 11.6. The Morgan fingerprint density at radius 3 is 2.58 bits per heavy atom. The number of carboxylic acids is 1. The quantitative estimate of drug-likeness (QED) is 0.801. The molecule has 24 heavy (non-hydrogen) atoms. The lowest BCUT2D eigenvalue weighted by atomic mass is 10.1. The summed E-state index contributed by atoms with van der Waals surface area (Å²) in [6.45, 7) is 1.88. The van der Waals surface area contributed by atoms with Crippen molar-refractivity contribution in [2.24, 2.45) is 0 Å². The predicted molar refractivity (Wildman–Crippen MR) is 93.2 cm³/mol. The molecule has 0 fully saturated rings. The van der Waals surface area contributed by atoms with E-state index in [1.807, 2.05) is 49.4 Å². The Balaban J connectivity index is 2.15. The van der Waals surface area contributed by atoms with Gasteiger partial charge in [-0.3, -0.25) is 9.20 Å². The highest BCUT2D eigenvalue weighted by Gasteiger charge is 2.11. The van der Waals surface area contributed by atoms with Crippen LogP contribution in [0.15, 0.2) is 53.5 Å². The molecule has 3 aromatic rings. The van der Waals surface area contributed by atoms with E-state index in [0.717, 1.165) is 5.56 Å². The van der Waals surface area contributed by atoms with Crippen molar-refractivity contribution in [1.29, 1.82) is 0 Å². The number of hydrogen-bond acceptors (Lipinski definition) is 3. The molecule has 2 aromatic heterocycles. The Hall–Kier alpha value is -3.21. The van der Waals surface area contributed by atoms with Gasteiger partial charge in [0.05, 0.1) is 11.3 Å². The topological polar surface area (TPSA) is 71.7 Å². The van der Waals surface area contributed by atoms with E-state index in [1.54, 1.807) is 6.07 Å². The van der Waals surface area contributed by atoms with Gasteiger partial charge in [-0.25, -0.2) is 9.78 Å². The van der Waals surface area contributed by atoms with Crippen molar-refractivity contribution in [2.75, 3.05) is 0 Å². The second-order valence-electron chi connectivity index (χ2n) is 5.33. The molecule has 5 heteroatoms. The highest BCUT2D eigenvalue weighted by atomic mass is 16.4. The average molecular weight is 320 g/mol. The number of carbonyl (C=O) groups is 1. The van der Waals surface area contributed by atoms with Gasteiger partial charge in [0.1, 0.15) is 5.65 Å². The van der Waals surface area contributed by atoms with Gasteiger partial charge in [0.25, 0.3) is 5.56 Å². The van der Waals surface area contributed by atoms with E-state index >= 15 is 0 Å². The van der Waals surface area contributed by atoms with Crippen LogP contribution in [-0.2, 0) is 6.42 Å². The van der Waals surface area contributed by atoms with Gasteiger partial charge in [-0.2, -0.15) is 0 Å². The molecule has 0 aliphatic rings. The van der Waals surface area contributed by atoms with Gasteiger partial charge in [0, 0.05) is 11.8 Å². The van der Waals surface area contributed by atoms with E-state index in [9.17, 15) is 9.59 Å². The Morgan fingerprint density at radius 1 is 1.17 bits per heavy atom. The minimum Gasteiger partial charge on any atom is -0.478 e. The van der Waals surface area contributed by atoms with Crippen molar-refractivity contribution in [1.82, 2.24) is 9.38 Å². The van der Waals surface area contributed by atoms with Crippen molar-refractivity contribution in [3.63, 3.8) is 0 Å². The normalized spacial score (nSPS) is 11.2. The fraction of sp³-hybridized carbons (Fsp3) is 0.105. The summed E-state index contributed by atoms with van der Waals surface area (Å²) in [6.07, 6.45) is 5.56. The second-order valence-corrected chi connectivity index (χ2v) is 5.33. The average Bonchev–Trinajstić information content (AvgIpc) is 2.60. The minimum atomic E-state index is -1.07. The summed E-state index contributed by atoms with van der Waals surface area (Å²) in [5, 5.41) is 9.08. The van der Waals surface area contributed by atoms with Crippen molar-refractivity contribution >= 4 is 23.8 Å². The van der Waals surface area contributed by atoms with Crippen molar-refractivity contribution in [3.05, 3.63) is 81.4 Å². The Labute approximate surface area is 138 Å². The maximum Gasteiger partial charge on any atom is 0.337 e. The van der Waals surface area contributed by atoms with Gasteiger partial charge >= 0.3 is 5.97 Å². The minimum absolute atomic E-state index is 0.0565. The number of aromatic nitrogens is 2. The predicted octanol–water partition coefficient (Wildman–Crippen LogP) is 3.13. The summed E-state index contributed by atoms with van der Waals surface area (Å²) in [4.78, 5) is 28.3. The van der Waals surface area contributed by atoms with Gasteiger partial charge in [-0.05, 0) is 30.2 Å². The number of hydrogen-bond donors (Lipinski definition) is 1. The molecule has 1 aromatic carbocycles. The first-order valence-corrected chi connectivity index (χ1v) is 7.62. The Bertz CT molecular complexity index is 989. The van der Waals surface area contributed by atoms with Gasteiger partial charge in [0.2, 0.25) is 0 Å². The first-order valence-electron chi connectivity index (χ1n) is 7.62. The zero-order valence-electron chi connectivity index (χ0n) is 13.1. The lowest BCUT2D eigenvalue weighted by molar-refractivity contribution is 0.0696. The molecule has 2 heterocycles. The largest absolute Gasteiger partial charge is 0.478 e. The van der Waals surface area contributed by atoms with Crippen LogP contribution in [0.1, 0.15) is 34.1 Å². The van der Waals surface area contributed by atoms with Crippen LogP contribution in [0.3, 0.4) is 0 Å². The van der Waals surface area contributed by atoms with Crippen molar-refractivity contribution in [2.45, 2.75) is 13.3 Å². The molecule has 1 N–H and O–H groups in total. The monoisotopic (exact) mass is 320 g/mol. The molecule has 3 rings (SSSR count). The summed E-state index contributed by atoms with van der Waals surface area (Å²) < 4.78 is 1.29. The van der Waals surface area contributed by atoms with Crippen LogP contribution in [0.25, 0.3) is 17.8 Å². The maximum atomic E-state index is 12.7. The molecule has 0 aliphatic heterocycles. The molecule has 0 bridgehead atoms. The third-order valence-electron chi connectivity index (χ3n) is 3.78. The number of aromatic carboxylic acids is 1. The van der Waals surface area contributed by atoms with Crippen LogP contribution in [0.5, 0.6) is 0 Å². The molecule has 5 nitrogen and oxygen atoms in total. The lowest BCUT2D eigenvalue weighted by Gasteiger charge is -2.07. The SMILES string of the molecule is CCc1c(C=Cc2ccccc2)nc2ccc(C(=O)O)cn2c1=O. The van der Waals surface area contributed by atoms with E-state index < -0.39 is 5.97 Å². The summed E-state index contributed by atoms with van der Waals surface area (Å²) >= 11 is 0. The molecular formula is C19H16N2O3. The second kappa shape index (κ2) is 6.50. The number of fused-ring (bicyclic) bond motifs is 1. The number of rotatable bonds is 4. The molecule has 120 valence electrons. The first kappa shape index (κ1) is 15.7. The molecule has 0 spiro atoms. The number of benzene rings is 1. The highest BCUT2D eigenvalue weighted by molar-refractivity contribution is 5.87. The third-order valence-corrected chi connectivity index (χ3v) is 3.78. The zero-order chi connectivity index (χ0) is 17.1. The summed E-state index contributed by atoms with van der Waals surface area (Å²) in [5.41, 5.74) is 2.42. The highest BCUT2D eigenvalue weighted by Crippen LogP contribution is 2.12. The van der Waals surface area contributed by atoms with Crippen LogP contribution in [0.4, 0.5) is 0 Å². The molecule has 0 amide bonds. The smallest absolute Gasteiger partial charge is 0.337 e. The summed E-state index contributed by atoms with van der Waals surface area (Å²) in [5.74, 6) is -1.07. The molecule has 0 saturated heterocycles. The van der Waals surface area contributed by atoms with E-state index in [1.165, 1.54) is 16.7 Å². The number of pyridine rings is 1. The van der Waals surface area contributed by atoms with E-state index in [-0.39, 0.29) is 11.1 Å². The summed E-state index contributed by atoms with van der Waals surface area (Å²) in [7, 11) is 0. The van der Waals surface area contributed by atoms with Crippen LogP contribution < -0.4 is 5.56 Å².